The Kier molecular flexibility index (Phi) is 4.66. The maximum absolute atomic E-state index is 13.6. The van der Waals surface area contributed by atoms with Crippen LogP contribution >= 0.6 is 15.9 Å². The van der Waals surface area contributed by atoms with Crippen molar-refractivity contribution < 1.29 is 27.1 Å². The van der Waals surface area contributed by atoms with Gasteiger partial charge >= 0.3 is 12.1 Å². The van der Waals surface area contributed by atoms with Crippen LogP contribution < -0.4 is 5.73 Å². The van der Waals surface area contributed by atoms with Crippen LogP contribution in [-0.4, -0.2) is 17.6 Å². The number of pyridine rings is 1. The topological polar surface area (TPSA) is 78.3 Å². The molecule has 0 spiro atoms. The highest BCUT2D eigenvalue weighted by Gasteiger charge is 2.37. The Morgan fingerprint density at radius 1 is 1.31 bits per heavy atom. The smallest absolute Gasteiger partial charge is 0.417 e. The molecule has 2 heterocycles. The number of carbonyl (C=O) groups excluding carboxylic acids is 1. The molecule has 3 rings (SSSR count). The molecule has 2 N–H and O–H groups in total. The first-order valence-corrected chi connectivity index (χ1v) is 8.25. The first-order valence-electron chi connectivity index (χ1n) is 7.45. The molecule has 0 amide bonds. The van der Waals surface area contributed by atoms with Gasteiger partial charge < -0.3 is 14.9 Å². The maximum atomic E-state index is 13.6. The summed E-state index contributed by atoms with van der Waals surface area (Å²) in [6.45, 7) is 1.58. The Labute approximate surface area is 154 Å². The zero-order chi connectivity index (χ0) is 19.1. The van der Waals surface area contributed by atoms with Crippen LogP contribution in [0.2, 0.25) is 0 Å². The van der Waals surface area contributed by atoms with Crippen molar-refractivity contribution >= 4 is 38.7 Å². The molecule has 0 radical (unpaired) electrons. The van der Waals surface area contributed by atoms with Gasteiger partial charge in [0.25, 0.3) is 0 Å². The molecule has 0 bridgehead atoms. The number of nitrogen functional groups attached to an aromatic ring is 1. The molecule has 0 unspecified atom stereocenters. The molecule has 1 aromatic carbocycles. The van der Waals surface area contributed by atoms with Gasteiger partial charge in [0.15, 0.2) is 0 Å². The lowest BCUT2D eigenvalue weighted by Crippen LogP contribution is -2.09. The van der Waals surface area contributed by atoms with Crippen molar-refractivity contribution in [1.29, 1.82) is 0 Å². The average molecular weight is 429 g/mol. The van der Waals surface area contributed by atoms with E-state index < -0.39 is 34.5 Å². The van der Waals surface area contributed by atoms with E-state index in [4.69, 9.17) is 14.9 Å². The number of hydrogen-bond donors (Lipinski definition) is 1. The summed E-state index contributed by atoms with van der Waals surface area (Å²) in [4.78, 5) is 16.0. The second-order valence-electron chi connectivity index (χ2n) is 5.31. The maximum Gasteiger partial charge on any atom is 0.417 e. The number of nitrogens with zero attached hydrogens (tertiary/aromatic N) is 1. The van der Waals surface area contributed by atoms with Gasteiger partial charge in [-0.3, -0.25) is 0 Å². The van der Waals surface area contributed by atoms with Crippen LogP contribution in [0.25, 0.3) is 22.4 Å². The molecule has 0 aliphatic rings. The minimum atomic E-state index is -4.71. The predicted molar refractivity (Wildman–Crippen MR) is 92.5 cm³/mol. The molecule has 0 saturated heterocycles. The van der Waals surface area contributed by atoms with E-state index in [-0.39, 0.29) is 18.0 Å². The largest absolute Gasteiger partial charge is 0.460 e. The van der Waals surface area contributed by atoms with Crippen molar-refractivity contribution in [2.24, 2.45) is 0 Å². The van der Waals surface area contributed by atoms with Crippen molar-refractivity contribution in [3.05, 3.63) is 46.1 Å². The molecule has 3 aromatic rings. The van der Waals surface area contributed by atoms with Crippen LogP contribution in [0.15, 0.2) is 39.2 Å². The van der Waals surface area contributed by atoms with E-state index in [1.165, 1.54) is 0 Å². The average Bonchev–Trinajstić information content (AvgIpc) is 2.91. The molecule has 0 saturated carbocycles. The number of aromatic nitrogens is 1. The Bertz CT molecular complexity index is 982. The number of benzene rings is 1. The van der Waals surface area contributed by atoms with Crippen LogP contribution in [0.1, 0.15) is 23.0 Å². The molecule has 0 atom stereocenters. The molecule has 0 fully saturated rings. The van der Waals surface area contributed by atoms with Crippen LogP contribution in [0, 0.1) is 0 Å². The van der Waals surface area contributed by atoms with E-state index in [1.807, 2.05) is 0 Å². The Morgan fingerprint density at radius 2 is 1.96 bits per heavy atom. The fourth-order valence-electron chi connectivity index (χ4n) is 2.46. The lowest BCUT2D eigenvalue weighted by Gasteiger charge is -2.10. The minimum Gasteiger partial charge on any atom is -0.460 e. The summed E-state index contributed by atoms with van der Waals surface area (Å²) < 4.78 is 51.5. The fourth-order valence-corrected chi connectivity index (χ4v) is 2.73. The quantitative estimate of drug-likeness (QED) is 0.591. The Morgan fingerprint density at radius 3 is 2.54 bits per heavy atom. The number of carbonyl (C=O) groups is 1. The number of ether oxygens (including phenoxy) is 1. The molecular weight excluding hydrogens is 417 g/mol. The van der Waals surface area contributed by atoms with E-state index in [0.29, 0.717) is 5.56 Å². The second kappa shape index (κ2) is 6.64. The number of rotatable bonds is 3. The van der Waals surface area contributed by atoms with Crippen LogP contribution in [-0.2, 0) is 10.9 Å². The third-order valence-electron chi connectivity index (χ3n) is 3.61. The number of anilines is 1. The van der Waals surface area contributed by atoms with E-state index in [9.17, 15) is 18.0 Å². The van der Waals surface area contributed by atoms with Crippen molar-refractivity contribution in [3.63, 3.8) is 0 Å². The van der Waals surface area contributed by atoms with Gasteiger partial charge in [-0.2, -0.15) is 13.2 Å². The van der Waals surface area contributed by atoms with Crippen LogP contribution in [0.5, 0.6) is 0 Å². The molecule has 136 valence electrons. The van der Waals surface area contributed by atoms with Crippen LogP contribution in [0.4, 0.5) is 18.9 Å². The second-order valence-corrected chi connectivity index (χ2v) is 6.22. The number of nitrogens with two attached hydrogens (primary N) is 1. The molecule has 2 aromatic heterocycles. The van der Waals surface area contributed by atoms with Gasteiger partial charge in [0.05, 0.1) is 28.9 Å². The summed E-state index contributed by atoms with van der Waals surface area (Å²) in [7, 11) is 0. The summed E-state index contributed by atoms with van der Waals surface area (Å²) >= 11 is 3.26. The van der Waals surface area contributed by atoms with Crippen molar-refractivity contribution in [3.8, 4) is 11.3 Å². The third-order valence-corrected chi connectivity index (χ3v) is 4.13. The Balaban J connectivity index is 2.28. The number of hydrogen-bond acceptors (Lipinski definition) is 5. The molecule has 5 nitrogen and oxygen atoms in total. The van der Waals surface area contributed by atoms with Crippen LogP contribution in [0.3, 0.4) is 0 Å². The van der Waals surface area contributed by atoms with Gasteiger partial charge in [-0.15, -0.1) is 0 Å². The Hall–Kier alpha value is -2.55. The standard InChI is InChI=1S/C17H12BrF3N2O3/c1-2-25-16(24)14-13(22)12-10(17(19,20)21)7-11(23-15(12)26-14)8-3-5-9(18)6-4-8/h3-7H,2,22H2,1H3. The number of halogens is 4. The highest BCUT2D eigenvalue weighted by molar-refractivity contribution is 9.10. The number of fused-ring (bicyclic) bond motifs is 1. The normalized spacial score (nSPS) is 11.7. The molecular formula is C17H12BrF3N2O3. The zero-order valence-electron chi connectivity index (χ0n) is 13.4. The summed E-state index contributed by atoms with van der Waals surface area (Å²) in [6, 6.07) is 7.45. The minimum absolute atomic E-state index is 0.0268. The monoisotopic (exact) mass is 428 g/mol. The van der Waals surface area contributed by atoms with E-state index in [2.05, 4.69) is 20.9 Å². The summed E-state index contributed by atoms with van der Waals surface area (Å²) in [5, 5.41) is -0.457. The number of alkyl halides is 3. The predicted octanol–water partition coefficient (Wildman–Crippen LogP) is 5.04. The lowest BCUT2D eigenvalue weighted by atomic mass is 10.1. The van der Waals surface area contributed by atoms with Gasteiger partial charge in [0.2, 0.25) is 11.5 Å². The SMILES string of the molecule is CCOC(=O)c1oc2nc(-c3ccc(Br)cc3)cc(C(F)(F)F)c2c1N. The first kappa shape index (κ1) is 18.2. The van der Waals surface area contributed by atoms with E-state index in [1.54, 1.807) is 31.2 Å². The van der Waals surface area contributed by atoms with Crippen molar-refractivity contribution in [1.82, 2.24) is 4.98 Å². The van der Waals surface area contributed by atoms with Crippen molar-refractivity contribution in [2.45, 2.75) is 13.1 Å². The van der Waals surface area contributed by atoms with Gasteiger partial charge in [0.1, 0.15) is 0 Å². The molecule has 0 aliphatic carbocycles. The molecule has 26 heavy (non-hydrogen) atoms. The first-order chi connectivity index (χ1) is 12.2. The number of furan rings is 1. The van der Waals surface area contributed by atoms with Gasteiger partial charge in [-0.1, -0.05) is 28.1 Å². The third kappa shape index (κ3) is 3.26. The van der Waals surface area contributed by atoms with E-state index >= 15 is 0 Å². The lowest BCUT2D eigenvalue weighted by molar-refractivity contribution is -0.136. The van der Waals surface area contributed by atoms with E-state index in [0.717, 1.165) is 10.5 Å². The molecule has 0 aliphatic heterocycles. The fraction of sp³-hybridized carbons (Fsp3) is 0.176. The summed E-state index contributed by atoms with van der Waals surface area (Å²) in [6.07, 6.45) is -4.71. The zero-order valence-corrected chi connectivity index (χ0v) is 14.9. The summed E-state index contributed by atoms with van der Waals surface area (Å²) in [5.74, 6) is -1.44. The van der Waals surface area contributed by atoms with Crippen molar-refractivity contribution in [2.75, 3.05) is 12.3 Å². The van der Waals surface area contributed by atoms with Gasteiger partial charge in [0, 0.05) is 10.0 Å². The summed E-state index contributed by atoms with van der Waals surface area (Å²) in [5.41, 5.74) is 4.38. The van der Waals surface area contributed by atoms with Gasteiger partial charge in [-0.05, 0) is 25.1 Å². The number of esters is 1. The highest BCUT2D eigenvalue weighted by Crippen LogP contribution is 2.41. The molecule has 9 heteroatoms. The highest BCUT2D eigenvalue weighted by atomic mass is 79.9. The van der Waals surface area contributed by atoms with Gasteiger partial charge in [-0.25, -0.2) is 9.78 Å².